The SMILES string of the molecule is CC(C)(C)OC(=O)[C@@H]1CC[C@@H](C(=O)OC(C)(C)C)N1. The highest BCUT2D eigenvalue weighted by Gasteiger charge is 2.37. The van der Waals surface area contributed by atoms with Gasteiger partial charge >= 0.3 is 11.9 Å². The Balaban J connectivity index is 2.50. The van der Waals surface area contributed by atoms with E-state index in [1.807, 2.05) is 41.5 Å². The Morgan fingerprint density at radius 3 is 1.42 bits per heavy atom. The van der Waals surface area contributed by atoms with Gasteiger partial charge in [-0.05, 0) is 54.4 Å². The molecule has 0 aromatic heterocycles. The minimum Gasteiger partial charge on any atom is -0.459 e. The highest BCUT2D eigenvalue weighted by molar-refractivity contribution is 5.81. The Bertz CT molecular complexity index is 317. The van der Waals surface area contributed by atoms with E-state index in [0.29, 0.717) is 12.8 Å². The first kappa shape index (κ1) is 16.0. The van der Waals surface area contributed by atoms with E-state index in [1.54, 1.807) is 0 Å². The maximum Gasteiger partial charge on any atom is 0.323 e. The normalized spacial score (nSPS) is 24.1. The van der Waals surface area contributed by atoms with E-state index < -0.39 is 23.3 Å². The van der Waals surface area contributed by atoms with Crippen LogP contribution in [0.4, 0.5) is 0 Å². The third-order valence-corrected chi connectivity index (χ3v) is 2.53. The van der Waals surface area contributed by atoms with Gasteiger partial charge in [-0.1, -0.05) is 0 Å². The molecule has 1 aliphatic heterocycles. The molecule has 0 radical (unpaired) electrons. The molecule has 1 N–H and O–H groups in total. The van der Waals surface area contributed by atoms with Gasteiger partial charge < -0.3 is 9.47 Å². The lowest BCUT2D eigenvalue weighted by Crippen LogP contribution is -2.44. The zero-order valence-corrected chi connectivity index (χ0v) is 12.7. The second kappa shape index (κ2) is 5.49. The fourth-order valence-electron chi connectivity index (χ4n) is 1.86. The molecule has 5 heteroatoms. The van der Waals surface area contributed by atoms with Crippen LogP contribution in [0.15, 0.2) is 0 Å². The van der Waals surface area contributed by atoms with Crippen molar-refractivity contribution in [3.63, 3.8) is 0 Å². The van der Waals surface area contributed by atoms with Crippen LogP contribution in [0.3, 0.4) is 0 Å². The number of rotatable bonds is 2. The van der Waals surface area contributed by atoms with Crippen LogP contribution in [0.5, 0.6) is 0 Å². The van der Waals surface area contributed by atoms with Crippen LogP contribution in [-0.2, 0) is 19.1 Å². The molecule has 110 valence electrons. The van der Waals surface area contributed by atoms with Crippen LogP contribution in [0.2, 0.25) is 0 Å². The summed E-state index contributed by atoms with van der Waals surface area (Å²) in [6, 6.07) is -0.839. The second-order valence-electron chi connectivity index (χ2n) is 6.92. The number of carbonyl (C=O) groups is 2. The van der Waals surface area contributed by atoms with E-state index in [-0.39, 0.29) is 11.9 Å². The zero-order chi connectivity index (χ0) is 14.8. The summed E-state index contributed by atoms with van der Waals surface area (Å²) in [5.41, 5.74) is -1.02. The highest BCUT2D eigenvalue weighted by atomic mass is 16.6. The topological polar surface area (TPSA) is 64.6 Å². The average molecular weight is 271 g/mol. The fraction of sp³-hybridized carbons (Fsp3) is 0.857. The summed E-state index contributed by atoms with van der Waals surface area (Å²) in [7, 11) is 0. The lowest BCUT2D eigenvalue weighted by Gasteiger charge is -2.24. The molecular weight excluding hydrogens is 246 g/mol. The molecule has 0 aromatic carbocycles. The lowest BCUT2D eigenvalue weighted by molar-refractivity contribution is -0.158. The van der Waals surface area contributed by atoms with Crippen LogP contribution < -0.4 is 5.32 Å². The Morgan fingerprint density at radius 2 is 1.16 bits per heavy atom. The molecule has 2 atom stereocenters. The van der Waals surface area contributed by atoms with E-state index in [0.717, 1.165) is 0 Å². The number of carbonyl (C=O) groups excluding carboxylic acids is 2. The van der Waals surface area contributed by atoms with Crippen molar-refractivity contribution >= 4 is 11.9 Å². The van der Waals surface area contributed by atoms with Crippen molar-refractivity contribution in [1.82, 2.24) is 5.32 Å². The molecule has 0 spiro atoms. The van der Waals surface area contributed by atoms with Crippen LogP contribution in [0.1, 0.15) is 54.4 Å². The van der Waals surface area contributed by atoms with E-state index in [4.69, 9.17) is 9.47 Å². The third kappa shape index (κ3) is 5.59. The minimum atomic E-state index is -0.511. The van der Waals surface area contributed by atoms with Crippen LogP contribution in [0, 0.1) is 0 Å². The summed E-state index contributed by atoms with van der Waals surface area (Å²) in [6.07, 6.45) is 1.19. The predicted octanol–water partition coefficient (Wildman–Crippen LogP) is 1.79. The molecule has 1 aliphatic rings. The maximum atomic E-state index is 11.9. The van der Waals surface area contributed by atoms with Crippen LogP contribution in [-0.4, -0.2) is 35.2 Å². The second-order valence-corrected chi connectivity index (χ2v) is 6.92. The lowest BCUT2D eigenvalue weighted by atomic mass is 10.1. The molecule has 0 bridgehead atoms. The van der Waals surface area contributed by atoms with Crippen LogP contribution >= 0.6 is 0 Å². The highest BCUT2D eigenvalue weighted by Crippen LogP contribution is 2.19. The monoisotopic (exact) mass is 271 g/mol. The van der Waals surface area contributed by atoms with Crippen molar-refractivity contribution in [2.24, 2.45) is 0 Å². The van der Waals surface area contributed by atoms with Gasteiger partial charge in [0.25, 0.3) is 0 Å². The molecule has 5 nitrogen and oxygen atoms in total. The van der Waals surface area contributed by atoms with Gasteiger partial charge in [0.1, 0.15) is 23.3 Å². The molecule has 0 unspecified atom stereocenters. The third-order valence-electron chi connectivity index (χ3n) is 2.53. The number of nitrogens with one attached hydrogen (secondary N) is 1. The summed E-state index contributed by atoms with van der Waals surface area (Å²) >= 11 is 0. The van der Waals surface area contributed by atoms with E-state index in [2.05, 4.69) is 5.32 Å². The van der Waals surface area contributed by atoms with E-state index >= 15 is 0 Å². The van der Waals surface area contributed by atoms with Gasteiger partial charge in [0.2, 0.25) is 0 Å². The van der Waals surface area contributed by atoms with Crippen molar-refractivity contribution in [2.45, 2.75) is 77.7 Å². The number of hydrogen-bond donors (Lipinski definition) is 1. The molecule has 0 amide bonds. The first-order valence-corrected chi connectivity index (χ1v) is 6.70. The summed E-state index contributed by atoms with van der Waals surface area (Å²) in [4.78, 5) is 23.8. The summed E-state index contributed by atoms with van der Waals surface area (Å²) in [5.74, 6) is -0.614. The van der Waals surface area contributed by atoms with Gasteiger partial charge in [-0.15, -0.1) is 0 Å². The molecule has 19 heavy (non-hydrogen) atoms. The standard InChI is InChI=1S/C14H25NO4/c1-13(2,3)18-11(16)9-7-8-10(15-9)12(17)19-14(4,5)6/h9-10,15H,7-8H2,1-6H3/t9-,10-/m0/s1. The number of esters is 2. The van der Waals surface area contributed by atoms with Gasteiger partial charge in [0, 0.05) is 0 Å². The smallest absolute Gasteiger partial charge is 0.323 e. The molecule has 0 aromatic rings. The molecular formula is C14H25NO4. The van der Waals surface area contributed by atoms with Crippen molar-refractivity contribution in [2.75, 3.05) is 0 Å². The number of hydrogen-bond acceptors (Lipinski definition) is 5. The predicted molar refractivity (Wildman–Crippen MR) is 71.6 cm³/mol. The molecule has 1 rings (SSSR count). The maximum absolute atomic E-state index is 11.9. The number of ether oxygens (including phenoxy) is 2. The van der Waals surface area contributed by atoms with Gasteiger partial charge in [0.15, 0.2) is 0 Å². The van der Waals surface area contributed by atoms with Gasteiger partial charge in [-0.25, -0.2) is 0 Å². The molecule has 1 saturated heterocycles. The van der Waals surface area contributed by atoms with E-state index in [9.17, 15) is 9.59 Å². The molecule has 1 heterocycles. The Labute approximate surface area is 115 Å². The summed E-state index contributed by atoms with van der Waals surface area (Å²) < 4.78 is 10.6. The first-order valence-electron chi connectivity index (χ1n) is 6.70. The Morgan fingerprint density at radius 1 is 0.842 bits per heavy atom. The van der Waals surface area contributed by atoms with Crippen molar-refractivity contribution in [3.8, 4) is 0 Å². The van der Waals surface area contributed by atoms with Gasteiger partial charge in [0.05, 0.1) is 0 Å². The van der Waals surface area contributed by atoms with Crippen molar-refractivity contribution in [3.05, 3.63) is 0 Å². The quantitative estimate of drug-likeness (QED) is 0.776. The van der Waals surface area contributed by atoms with Gasteiger partial charge in [-0.2, -0.15) is 0 Å². The van der Waals surface area contributed by atoms with Crippen molar-refractivity contribution < 1.29 is 19.1 Å². The fourth-order valence-corrected chi connectivity index (χ4v) is 1.86. The largest absolute Gasteiger partial charge is 0.459 e. The average Bonchev–Trinajstić information content (AvgIpc) is 2.60. The molecule has 1 fully saturated rings. The Hall–Kier alpha value is -1.10. The summed E-state index contributed by atoms with van der Waals surface area (Å²) in [5, 5.41) is 2.99. The molecule has 0 aliphatic carbocycles. The molecule has 0 saturated carbocycles. The summed E-state index contributed by atoms with van der Waals surface area (Å²) in [6.45, 7) is 10.9. The Kier molecular flexibility index (Phi) is 4.61. The minimum absolute atomic E-state index is 0.307. The van der Waals surface area contributed by atoms with Crippen molar-refractivity contribution in [1.29, 1.82) is 0 Å². The van der Waals surface area contributed by atoms with Gasteiger partial charge in [-0.3, -0.25) is 14.9 Å². The zero-order valence-electron chi connectivity index (χ0n) is 12.7. The van der Waals surface area contributed by atoms with E-state index in [1.165, 1.54) is 0 Å². The van der Waals surface area contributed by atoms with Crippen LogP contribution in [0.25, 0.3) is 0 Å². The first-order chi connectivity index (χ1) is 8.48.